The number of nitrogen functional groups attached to an aromatic ring is 1. The topological polar surface area (TPSA) is 114 Å². The highest BCUT2D eigenvalue weighted by Crippen LogP contribution is 2.37. The normalized spacial score (nSPS) is 12.6. The van der Waals surface area contributed by atoms with E-state index in [1.807, 2.05) is 5.41 Å². The molecule has 1 fully saturated rings. The Labute approximate surface area is 167 Å². The number of nitrogens with zero attached hydrogens (tertiary/aromatic N) is 3. The number of thioether (sulfide) groups is 1. The van der Waals surface area contributed by atoms with Gasteiger partial charge in [0.1, 0.15) is 40.9 Å². The summed E-state index contributed by atoms with van der Waals surface area (Å²) in [5.74, 6) is 0.770. The molecule has 0 amide bonds. The number of ether oxygens (including phenoxy) is 3. The van der Waals surface area contributed by atoms with Crippen molar-refractivity contribution in [2.75, 3.05) is 39.3 Å². The Balaban J connectivity index is 1.99. The lowest BCUT2D eigenvalue weighted by molar-refractivity contribution is 0.103. The van der Waals surface area contributed by atoms with Crippen LogP contribution in [0.2, 0.25) is 0 Å². The first-order valence-electron chi connectivity index (χ1n) is 8.46. The minimum atomic E-state index is 0.0997. The molecule has 3 rings (SSSR count). The van der Waals surface area contributed by atoms with E-state index >= 15 is 0 Å². The van der Waals surface area contributed by atoms with Crippen molar-refractivity contribution in [3.8, 4) is 29.0 Å². The SMILES string of the molecule is COCCOc1ccc(-c2c(C#N)c(N)nc(SC=C3COC3)c2C#N)cc1. The van der Waals surface area contributed by atoms with Crippen molar-refractivity contribution in [2.45, 2.75) is 5.03 Å². The molecule has 0 aliphatic carbocycles. The number of hydrogen-bond acceptors (Lipinski definition) is 8. The van der Waals surface area contributed by atoms with Crippen LogP contribution in [0.25, 0.3) is 11.1 Å². The van der Waals surface area contributed by atoms with Crippen LogP contribution in [-0.4, -0.2) is 38.5 Å². The number of nitriles is 2. The Morgan fingerprint density at radius 2 is 1.89 bits per heavy atom. The van der Waals surface area contributed by atoms with Gasteiger partial charge in [0.2, 0.25) is 0 Å². The molecule has 0 radical (unpaired) electrons. The van der Waals surface area contributed by atoms with Crippen molar-refractivity contribution in [3.63, 3.8) is 0 Å². The van der Waals surface area contributed by atoms with Gasteiger partial charge in [-0.3, -0.25) is 0 Å². The van der Waals surface area contributed by atoms with Gasteiger partial charge in [-0.25, -0.2) is 4.98 Å². The fourth-order valence-electron chi connectivity index (χ4n) is 2.56. The summed E-state index contributed by atoms with van der Waals surface area (Å²) in [5, 5.41) is 21.7. The first-order chi connectivity index (χ1) is 13.7. The van der Waals surface area contributed by atoms with Crippen molar-refractivity contribution in [2.24, 2.45) is 0 Å². The lowest BCUT2D eigenvalue weighted by atomic mass is 9.97. The van der Waals surface area contributed by atoms with E-state index in [0.29, 0.717) is 53.9 Å². The molecule has 2 heterocycles. The Hall–Kier alpha value is -3.04. The Kier molecular flexibility index (Phi) is 6.51. The summed E-state index contributed by atoms with van der Waals surface area (Å²) >= 11 is 1.31. The van der Waals surface area contributed by atoms with Gasteiger partial charge in [-0.2, -0.15) is 10.5 Å². The van der Waals surface area contributed by atoms with Crippen LogP contribution in [0.4, 0.5) is 5.82 Å². The maximum atomic E-state index is 9.77. The second-order valence-corrected chi connectivity index (χ2v) is 6.76. The number of pyridine rings is 1. The third kappa shape index (κ3) is 4.26. The highest BCUT2D eigenvalue weighted by atomic mass is 32.2. The predicted octanol–water partition coefficient (Wildman–Crippen LogP) is 3.11. The maximum absolute atomic E-state index is 9.77. The smallest absolute Gasteiger partial charge is 0.143 e. The van der Waals surface area contributed by atoms with E-state index in [1.165, 1.54) is 11.8 Å². The highest BCUT2D eigenvalue weighted by molar-refractivity contribution is 8.02. The molecule has 1 aromatic heterocycles. The number of methoxy groups -OCH3 is 1. The molecule has 28 heavy (non-hydrogen) atoms. The molecule has 1 saturated heterocycles. The Bertz CT molecular complexity index is 969. The van der Waals surface area contributed by atoms with E-state index in [2.05, 4.69) is 17.1 Å². The van der Waals surface area contributed by atoms with Gasteiger partial charge in [0, 0.05) is 12.7 Å². The molecule has 2 N–H and O–H groups in total. The number of aromatic nitrogens is 1. The second kappa shape index (κ2) is 9.25. The van der Waals surface area contributed by atoms with Crippen molar-refractivity contribution in [3.05, 3.63) is 46.4 Å². The standard InChI is InChI=1S/C20H18N4O3S/c1-25-6-7-27-15-4-2-14(3-5-15)18-16(8-21)19(23)24-20(17(18)9-22)28-12-13-10-26-11-13/h2-5,12H,6-7,10-11H2,1H3,(H2,23,24). The van der Waals surface area contributed by atoms with Gasteiger partial charge in [-0.05, 0) is 28.7 Å². The second-order valence-electron chi connectivity index (χ2n) is 5.90. The molecule has 1 aromatic carbocycles. The summed E-state index contributed by atoms with van der Waals surface area (Å²) < 4.78 is 15.7. The number of rotatable bonds is 7. The molecule has 1 aliphatic rings. The van der Waals surface area contributed by atoms with Crippen molar-refractivity contribution < 1.29 is 14.2 Å². The van der Waals surface area contributed by atoms with Gasteiger partial charge in [-0.15, -0.1) is 0 Å². The third-order valence-electron chi connectivity index (χ3n) is 4.03. The molecule has 0 saturated carbocycles. The zero-order valence-corrected chi connectivity index (χ0v) is 16.1. The number of nitrogens with two attached hydrogens (primary N) is 1. The molecular formula is C20H18N4O3S. The fourth-order valence-corrected chi connectivity index (χ4v) is 3.39. The zero-order valence-electron chi connectivity index (χ0n) is 15.3. The monoisotopic (exact) mass is 394 g/mol. The van der Waals surface area contributed by atoms with Gasteiger partial charge in [0.25, 0.3) is 0 Å². The van der Waals surface area contributed by atoms with Gasteiger partial charge in [-0.1, -0.05) is 23.9 Å². The van der Waals surface area contributed by atoms with Gasteiger partial charge < -0.3 is 19.9 Å². The lowest BCUT2D eigenvalue weighted by Crippen LogP contribution is -2.15. The predicted molar refractivity (Wildman–Crippen MR) is 106 cm³/mol. The van der Waals surface area contributed by atoms with Crippen LogP contribution in [0.1, 0.15) is 11.1 Å². The third-order valence-corrected chi connectivity index (χ3v) is 5.00. The van der Waals surface area contributed by atoms with E-state index in [-0.39, 0.29) is 11.4 Å². The molecule has 1 aliphatic heterocycles. The molecular weight excluding hydrogens is 376 g/mol. The van der Waals surface area contributed by atoms with Crippen molar-refractivity contribution >= 4 is 17.6 Å². The first kappa shape index (κ1) is 19.7. The van der Waals surface area contributed by atoms with Crippen LogP contribution in [0.5, 0.6) is 5.75 Å². The largest absolute Gasteiger partial charge is 0.491 e. The molecule has 0 bridgehead atoms. The molecule has 7 nitrogen and oxygen atoms in total. The minimum Gasteiger partial charge on any atom is -0.491 e. The quantitative estimate of drug-likeness (QED) is 0.563. The maximum Gasteiger partial charge on any atom is 0.143 e. The zero-order chi connectivity index (χ0) is 19.9. The summed E-state index contributed by atoms with van der Waals surface area (Å²) in [4.78, 5) is 4.27. The number of anilines is 1. The molecule has 8 heteroatoms. The average molecular weight is 394 g/mol. The Morgan fingerprint density at radius 1 is 1.18 bits per heavy atom. The molecule has 0 atom stereocenters. The van der Waals surface area contributed by atoms with Crippen LogP contribution in [0, 0.1) is 22.7 Å². The van der Waals surface area contributed by atoms with E-state index in [4.69, 9.17) is 19.9 Å². The summed E-state index contributed by atoms with van der Waals surface area (Å²) in [6.07, 6.45) is 0. The molecule has 142 valence electrons. The van der Waals surface area contributed by atoms with E-state index < -0.39 is 0 Å². The van der Waals surface area contributed by atoms with E-state index in [9.17, 15) is 10.5 Å². The number of benzene rings is 1. The van der Waals surface area contributed by atoms with Crippen LogP contribution < -0.4 is 10.5 Å². The minimum absolute atomic E-state index is 0.0997. The van der Waals surface area contributed by atoms with E-state index in [0.717, 1.165) is 5.57 Å². The summed E-state index contributed by atoms with van der Waals surface area (Å²) in [7, 11) is 1.61. The molecule has 2 aromatic rings. The number of hydrogen-bond donors (Lipinski definition) is 1. The Morgan fingerprint density at radius 3 is 2.46 bits per heavy atom. The molecule has 0 spiro atoms. The van der Waals surface area contributed by atoms with Crippen LogP contribution in [-0.2, 0) is 9.47 Å². The highest BCUT2D eigenvalue weighted by Gasteiger charge is 2.20. The van der Waals surface area contributed by atoms with E-state index in [1.54, 1.807) is 31.4 Å². The van der Waals surface area contributed by atoms with Gasteiger partial charge in [0.05, 0.1) is 25.4 Å². The van der Waals surface area contributed by atoms with Crippen molar-refractivity contribution in [1.82, 2.24) is 4.98 Å². The average Bonchev–Trinajstić information content (AvgIpc) is 2.67. The molecule has 0 unspecified atom stereocenters. The van der Waals surface area contributed by atoms with Crippen LogP contribution in [0.3, 0.4) is 0 Å². The van der Waals surface area contributed by atoms with Crippen LogP contribution in [0.15, 0.2) is 40.3 Å². The van der Waals surface area contributed by atoms with Gasteiger partial charge in [0.15, 0.2) is 0 Å². The first-order valence-corrected chi connectivity index (χ1v) is 9.34. The van der Waals surface area contributed by atoms with Gasteiger partial charge >= 0.3 is 0 Å². The lowest BCUT2D eigenvalue weighted by Gasteiger charge is -2.17. The van der Waals surface area contributed by atoms with Crippen molar-refractivity contribution in [1.29, 1.82) is 10.5 Å². The summed E-state index contributed by atoms with van der Waals surface area (Å²) in [6.45, 7) is 2.08. The fraction of sp³-hybridized carbons (Fsp3) is 0.250. The summed E-state index contributed by atoms with van der Waals surface area (Å²) in [6, 6.07) is 11.4. The van der Waals surface area contributed by atoms with Crippen LogP contribution >= 0.6 is 11.8 Å². The summed E-state index contributed by atoms with van der Waals surface area (Å²) in [5.41, 5.74) is 8.82.